The molecular formula is C18H17NO7. The lowest BCUT2D eigenvalue weighted by Crippen LogP contribution is -2.19. The molecule has 0 N–H and O–H groups in total. The van der Waals surface area contributed by atoms with Crippen molar-refractivity contribution in [3.8, 4) is 11.5 Å². The van der Waals surface area contributed by atoms with Gasteiger partial charge in [0, 0.05) is 11.6 Å². The summed E-state index contributed by atoms with van der Waals surface area (Å²) in [5.74, 6) is -0.396. The number of benzene rings is 2. The fourth-order valence-corrected chi connectivity index (χ4v) is 2.40. The number of hydrogen-bond donors (Lipinski definition) is 0. The third-order valence-corrected chi connectivity index (χ3v) is 3.60. The molecule has 0 unspecified atom stereocenters. The first-order valence-corrected chi connectivity index (χ1v) is 8.03. The molecule has 2 aromatic carbocycles. The van der Waals surface area contributed by atoms with Crippen LogP contribution in [0.15, 0.2) is 48.5 Å². The first-order chi connectivity index (χ1) is 12.6. The molecule has 8 nitrogen and oxygen atoms in total. The largest absolute Gasteiger partial charge is 0.482 e. The lowest BCUT2D eigenvalue weighted by Gasteiger charge is -2.23. The number of ether oxygens (including phenoxy) is 4. The Kier molecular flexibility index (Phi) is 5.77. The van der Waals surface area contributed by atoms with Gasteiger partial charge in [-0.15, -0.1) is 0 Å². The summed E-state index contributed by atoms with van der Waals surface area (Å²) in [5, 5.41) is 11.3. The van der Waals surface area contributed by atoms with Gasteiger partial charge in [-0.1, -0.05) is 18.2 Å². The van der Waals surface area contributed by atoms with Crippen molar-refractivity contribution in [2.75, 3.05) is 19.8 Å². The lowest BCUT2D eigenvalue weighted by molar-refractivity contribution is -0.385. The molecule has 1 fully saturated rings. The van der Waals surface area contributed by atoms with Crippen LogP contribution in [-0.2, 0) is 14.3 Å². The molecule has 1 aliphatic rings. The highest BCUT2D eigenvalue weighted by atomic mass is 16.7. The van der Waals surface area contributed by atoms with Crippen molar-refractivity contribution in [2.45, 2.75) is 12.7 Å². The van der Waals surface area contributed by atoms with Crippen molar-refractivity contribution in [1.82, 2.24) is 0 Å². The Morgan fingerprint density at radius 2 is 1.88 bits per heavy atom. The molecule has 0 bridgehead atoms. The molecule has 0 saturated carbocycles. The number of hydrogen-bond acceptors (Lipinski definition) is 7. The average molecular weight is 359 g/mol. The van der Waals surface area contributed by atoms with Crippen LogP contribution in [0.4, 0.5) is 5.69 Å². The van der Waals surface area contributed by atoms with Crippen molar-refractivity contribution >= 4 is 11.7 Å². The van der Waals surface area contributed by atoms with E-state index >= 15 is 0 Å². The molecule has 0 amide bonds. The van der Waals surface area contributed by atoms with Crippen molar-refractivity contribution in [3.05, 3.63) is 64.2 Å². The van der Waals surface area contributed by atoms with Gasteiger partial charge in [0.15, 0.2) is 12.9 Å². The third-order valence-electron chi connectivity index (χ3n) is 3.60. The first kappa shape index (κ1) is 17.8. The summed E-state index contributed by atoms with van der Waals surface area (Å²) in [7, 11) is 0. The van der Waals surface area contributed by atoms with E-state index in [4.69, 9.17) is 18.9 Å². The quantitative estimate of drug-likeness (QED) is 0.338. The minimum atomic E-state index is -0.741. The summed E-state index contributed by atoms with van der Waals surface area (Å²) in [5.41, 5.74) is 0.157. The third kappa shape index (κ3) is 4.56. The number of nitrogens with zero attached hydrogens (tertiary/aromatic N) is 1. The molecule has 1 aliphatic heterocycles. The molecule has 0 atom stereocenters. The van der Waals surface area contributed by atoms with Crippen molar-refractivity contribution in [2.24, 2.45) is 0 Å². The van der Waals surface area contributed by atoms with Gasteiger partial charge in [0.05, 0.1) is 18.1 Å². The van der Waals surface area contributed by atoms with Gasteiger partial charge in [-0.05, 0) is 30.7 Å². The van der Waals surface area contributed by atoms with Gasteiger partial charge in [-0.25, -0.2) is 4.79 Å². The SMILES string of the molecule is O=C(COc1ccccc1)Oc1ccc(C2OCCCO2)cc1[N+](=O)[O-]. The second-order valence-corrected chi connectivity index (χ2v) is 5.49. The van der Waals surface area contributed by atoms with E-state index in [0.717, 1.165) is 6.42 Å². The number of esters is 1. The second-order valence-electron chi connectivity index (χ2n) is 5.49. The summed E-state index contributed by atoms with van der Waals surface area (Å²) in [6, 6.07) is 12.9. The highest BCUT2D eigenvalue weighted by Gasteiger charge is 2.24. The Balaban J connectivity index is 1.68. The van der Waals surface area contributed by atoms with Crippen LogP contribution < -0.4 is 9.47 Å². The summed E-state index contributed by atoms with van der Waals surface area (Å²) in [6.45, 7) is 0.676. The summed E-state index contributed by atoms with van der Waals surface area (Å²) >= 11 is 0. The van der Waals surface area contributed by atoms with Crippen LogP contribution in [0.3, 0.4) is 0 Å². The molecule has 0 spiro atoms. The van der Waals surface area contributed by atoms with Crippen LogP contribution in [0.2, 0.25) is 0 Å². The van der Waals surface area contributed by atoms with Gasteiger partial charge >= 0.3 is 11.7 Å². The molecule has 0 aromatic heterocycles. The Morgan fingerprint density at radius 3 is 2.58 bits per heavy atom. The van der Waals surface area contributed by atoms with Crippen molar-refractivity contribution in [3.63, 3.8) is 0 Å². The molecule has 26 heavy (non-hydrogen) atoms. The van der Waals surface area contributed by atoms with E-state index in [2.05, 4.69) is 0 Å². The molecule has 8 heteroatoms. The van der Waals surface area contributed by atoms with Crippen LogP contribution in [0, 0.1) is 10.1 Å². The fraction of sp³-hybridized carbons (Fsp3) is 0.278. The standard InChI is InChI=1S/C18H17NO7/c20-17(12-25-14-5-2-1-3-6-14)26-16-8-7-13(11-15(16)19(21)22)18-23-9-4-10-24-18/h1-3,5-8,11,18H,4,9-10,12H2. The minimum Gasteiger partial charge on any atom is -0.482 e. The number of carbonyl (C=O) groups excluding carboxylic acids is 1. The Morgan fingerprint density at radius 1 is 1.15 bits per heavy atom. The summed E-state index contributed by atoms with van der Waals surface area (Å²) in [6.07, 6.45) is 0.115. The Hall–Kier alpha value is -2.97. The van der Waals surface area contributed by atoms with E-state index in [1.165, 1.54) is 12.1 Å². The molecule has 1 saturated heterocycles. The van der Waals surface area contributed by atoms with Crippen LogP contribution in [-0.4, -0.2) is 30.7 Å². The van der Waals surface area contributed by atoms with E-state index in [0.29, 0.717) is 24.5 Å². The van der Waals surface area contributed by atoms with Crippen LogP contribution in [0.25, 0.3) is 0 Å². The second kappa shape index (κ2) is 8.41. The monoisotopic (exact) mass is 359 g/mol. The summed E-state index contributed by atoms with van der Waals surface area (Å²) < 4.78 is 21.2. The normalized spacial score (nSPS) is 14.6. The summed E-state index contributed by atoms with van der Waals surface area (Å²) in [4.78, 5) is 22.6. The van der Waals surface area contributed by atoms with Crippen LogP contribution in [0.1, 0.15) is 18.3 Å². The minimum absolute atomic E-state index is 0.156. The van der Waals surface area contributed by atoms with Gasteiger partial charge in [0.2, 0.25) is 5.75 Å². The first-order valence-electron chi connectivity index (χ1n) is 8.03. The van der Waals surface area contributed by atoms with Gasteiger partial charge in [-0.3, -0.25) is 10.1 Å². The van der Waals surface area contributed by atoms with Crippen LogP contribution in [0.5, 0.6) is 11.5 Å². The maximum absolute atomic E-state index is 11.9. The number of para-hydroxylation sites is 1. The Bertz CT molecular complexity index is 772. The lowest BCUT2D eigenvalue weighted by atomic mass is 10.1. The van der Waals surface area contributed by atoms with Gasteiger partial charge in [-0.2, -0.15) is 0 Å². The number of carbonyl (C=O) groups is 1. The van der Waals surface area contributed by atoms with Crippen molar-refractivity contribution < 1.29 is 28.7 Å². The highest BCUT2D eigenvalue weighted by Crippen LogP contribution is 2.32. The van der Waals surface area contributed by atoms with Crippen LogP contribution >= 0.6 is 0 Å². The van der Waals surface area contributed by atoms with E-state index in [9.17, 15) is 14.9 Å². The van der Waals surface area contributed by atoms with Gasteiger partial charge in [0.25, 0.3) is 0 Å². The van der Waals surface area contributed by atoms with Gasteiger partial charge in [0.1, 0.15) is 5.75 Å². The number of nitro benzene ring substituents is 1. The predicted octanol–water partition coefficient (Wildman–Crippen LogP) is 3.01. The molecule has 2 aromatic rings. The zero-order valence-corrected chi connectivity index (χ0v) is 13.8. The maximum Gasteiger partial charge on any atom is 0.349 e. The van der Waals surface area contributed by atoms with E-state index in [1.807, 2.05) is 6.07 Å². The number of rotatable bonds is 6. The predicted molar refractivity (Wildman–Crippen MR) is 89.9 cm³/mol. The molecule has 1 heterocycles. The van der Waals surface area contributed by atoms with E-state index < -0.39 is 17.2 Å². The molecular weight excluding hydrogens is 342 g/mol. The average Bonchev–Trinajstić information content (AvgIpc) is 2.68. The molecule has 0 aliphatic carbocycles. The van der Waals surface area contributed by atoms with Crippen molar-refractivity contribution in [1.29, 1.82) is 0 Å². The van der Waals surface area contributed by atoms with E-state index in [1.54, 1.807) is 30.3 Å². The van der Waals surface area contributed by atoms with Gasteiger partial charge < -0.3 is 18.9 Å². The molecule has 136 valence electrons. The molecule has 3 rings (SSSR count). The highest BCUT2D eigenvalue weighted by molar-refractivity contribution is 5.75. The van der Waals surface area contributed by atoms with E-state index in [-0.39, 0.29) is 18.0 Å². The molecule has 0 radical (unpaired) electrons. The number of nitro groups is 1. The zero-order valence-electron chi connectivity index (χ0n) is 13.8. The zero-order chi connectivity index (χ0) is 18.4. The smallest absolute Gasteiger partial charge is 0.349 e. The topological polar surface area (TPSA) is 97.1 Å². The maximum atomic E-state index is 11.9. The fourth-order valence-electron chi connectivity index (χ4n) is 2.40. The Labute approximate surface area is 149 Å².